The molecule has 5 nitrogen and oxygen atoms in total. The quantitative estimate of drug-likeness (QED) is 0.857. The number of amides is 1. The molecule has 2 atom stereocenters. The van der Waals surface area contributed by atoms with Gasteiger partial charge in [0.05, 0.1) is 23.7 Å². The molecule has 0 saturated carbocycles. The van der Waals surface area contributed by atoms with E-state index >= 15 is 0 Å². The maximum atomic E-state index is 13.0. The maximum Gasteiger partial charge on any atom is 0.256 e. The van der Waals surface area contributed by atoms with E-state index in [0.717, 1.165) is 4.88 Å². The maximum absolute atomic E-state index is 13.0. The number of nitrogens with zero attached hydrogens (tertiary/aromatic N) is 4. The Bertz CT molecular complexity index is 831. The van der Waals surface area contributed by atoms with Gasteiger partial charge in [-0.2, -0.15) is 15.6 Å². The van der Waals surface area contributed by atoms with E-state index in [1.165, 1.54) is 16.3 Å². The van der Waals surface area contributed by atoms with Gasteiger partial charge in [0.15, 0.2) is 0 Å². The number of thiophene rings is 1. The molecule has 1 aromatic carbocycles. The molecule has 1 amide bonds. The molecule has 1 aliphatic rings. The number of benzene rings is 1. The Balaban J connectivity index is 2.01. The Labute approximate surface area is 144 Å². The van der Waals surface area contributed by atoms with Crippen molar-refractivity contribution < 1.29 is 4.79 Å². The zero-order valence-electron chi connectivity index (χ0n) is 13.0. The molecule has 2 unspecified atom stereocenters. The zero-order chi connectivity index (χ0) is 17.1. The van der Waals surface area contributed by atoms with Gasteiger partial charge in [-0.15, -0.1) is 11.3 Å². The van der Waals surface area contributed by atoms with Gasteiger partial charge in [0.25, 0.3) is 5.91 Å². The average Bonchev–Trinajstić information content (AvgIpc) is 3.23. The van der Waals surface area contributed by atoms with Crippen LogP contribution in [0.5, 0.6) is 0 Å². The van der Waals surface area contributed by atoms with Crippen LogP contribution < -0.4 is 5.01 Å². The fourth-order valence-electron chi connectivity index (χ4n) is 2.94. The van der Waals surface area contributed by atoms with Gasteiger partial charge in [-0.05, 0) is 30.5 Å². The summed E-state index contributed by atoms with van der Waals surface area (Å²) in [5.74, 6) is -2.22. The topological polar surface area (TPSA) is 80.2 Å². The summed E-state index contributed by atoms with van der Waals surface area (Å²) >= 11 is 1.45. The van der Waals surface area contributed by atoms with E-state index in [0.29, 0.717) is 11.4 Å². The highest BCUT2D eigenvalue weighted by atomic mass is 32.1. The van der Waals surface area contributed by atoms with Crippen LogP contribution in [0.4, 0.5) is 5.69 Å². The van der Waals surface area contributed by atoms with Crippen molar-refractivity contribution in [3.63, 3.8) is 0 Å². The van der Waals surface area contributed by atoms with Crippen molar-refractivity contribution in [3.05, 3.63) is 52.7 Å². The molecule has 0 saturated heterocycles. The van der Waals surface area contributed by atoms with Crippen LogP contribution in [0.1, 0.15) is 17.7 Å². The average molecular weight is 334 g/mol. The van der Waals surface area contributed by atoms with Gasteiger partial charge in [0.1, 0.15) is 5.92 Å². The number of para-hydroxylation sites is 1. The van der Waals surface area contributed by atoms with Crippen LogP contribution in [0, 0.1) is 34.5 Å². The van der Waals surface area contributed by atoms with E-state index < -0.39 is 17.8 Å². The van der Waals surface area contributed by atoms with Crippen LogP contribution in [0.2, 0.25) is 0 Å². The lowest BCUT2D eigenvalue weighted by molar-refractivity contribution is -0.120. The van der Waals surface area contributed by atoms with Gasteiger partial charge < -0.3 is 0 Å². The van der Waals surface area contributed by atoms with Gasteiger partial charge in [-0.1, -0.05) is 24.3 Å². The Hall–Kier alpha value is -2.96. The van der Waals surface area contributed by atoms with E-state index in [4.69, 9.17) is 0 Å². The molecule has 2 heterocycles. The van der Waals surface area contributed by atoms with Crippen LogP contribution in [-0.4, -0.2) is 11.6 Å². The van der Waals surface area contributed by atoms with Crippen LogP contribution >= 0.6 is 11.3 Å². The minimum absolute atomic E-state index is 0.201. The smallest absolute Gasteiger partial charge is 0.256 e. The minimum atomic E-state index is -0.904. The standard InChI is InChI=1S/C18H14N4OS/c1-12-16(17(13(10-19)11-20)15-8-5-9-24-15)18(23)22(21-12)14-6-3-2-4-7-14/h2-9,13,16-17H,1H3. The van der Waals surface area contributed by atoms with Gasteiger partial charge in [-0.25, -0.2) is 5.01 Å². The molecule has 0 aliphatic carbocycles. The monoisotopic (exact) mass is 334 g/mol. The first-order valence-electron chi connectivity index (χ1n) is 7.44. The first-order valence-corrected chi connectivity index (χ1v) is 8.32. The SMILES string of the molecule is CC1=NN(c2ccccc2)C(=O)C1C(c1cccs1)C(C#N)C#N. The van der Waals surface area contributed by atoms with Crippen LogP contribution in [0.3, 0.4) is 0 Å². The van der Waals surface area contributed by atoms with Gasteiger partial charge in [-0.3, -0.25) is 4.79 Å². The van der Waals surface area contributed by atoms with Gasteiger partial charge in [0, 0.05) is 16.5 Å². The van der Waals surface area contributed by atoms with Crippen molar-refractivity contribution in [3.8, 4) is 12.1 Å². The number of carbonyl (C=O) groups is 1. The van der Waals surface area contributed by atoms with E-state index in [9.17, 15) is 15.3 Å². The number of carbonyl (C=O) groups excluding carboxylic acids is 1. The highest BCUT2D eigenvalue weighted by molar-refractivity contribution is 7.10. The summed E-state index contributed by atoms with van der Waals surface area (Å²) in [4.78, 5) is 13.8. The summed E-state index contributed by atoms with van der Waals surface area (Å²) in [6.45, 7) is 1.78. The summed E-state index contributed by atoms with van der Waals surface area (Å²) in [7, 11) is 0. The molecule has 24 heavy (non-hydrogen) atoms. The summed E-state index contributed by atoms with van der Waals surface area (Å²) in [6, 6.07) is 17.0. The van der Waals surface area contributed by atoms with E-state index in [-0.39, 0.29) is 5.91 Å². The number of hydrazone groups is 1. The number of rotatable bonds is 4. The normalized spacial score (nSPS) is 18.2. The first-order chi connectivity index (χ1) is 11.7. The first kappa shape index (κ1) is 15.9. The lowest BCUT2D eigenvalue weighted by atomic mass is 9.79. The van der Waals surface area contributed by atoms with Crippen molar-refractivity contribution in [1.82, 2.24) is 0 Å². The lowest BCUT2D eigenvalue weighted by Gasteiger charge is -2.23. The minimum Gasteiger partial charge on any atom is -0.272 e. The van der Waals surface area contributed by atoms with Crippen molar-refractivity contribution in [2.45, 2.75) is 12.8 Å². The summed E-state index contributed by atoms with van der Waals surface area (Å²) < 4.78 is 0. The van der Waals surface area contributed by atoms with Crippen molar-refractivity contribution in [2.75, 3.05) is 5.01 Å². The van der Waals surface area contributed by atoms with Crippen LogP contribution in [0.15, 0.2) is 52.9 Å². The fourth-order valence-corrected chi connectivity index (χ4v) is 3.84. The van der Waals surface area contributed by atoms with Gasteiger partial charge >= 0.3 is 0 Å². The zero-order valence-corrected chi connectivity index (χ0v) is 13.8. The predicted octanol–water partition coefficient (Wildman–Crippen LogP) is 3.53. The molecule has 118 valence electrons. The van der Waals surface area contributed by atoms with Crippen molar-refractivity contribution >= 4 is 28.6 Å². The number of nitriles is 2. The lowest BCUT2D eigenvalue weighted by Crippen LogP contribution is -2.33. The molecule has 2 aromatic rings. The van der Waals surface area contributed by atoms with Crippen molar-refractivity contribution in [2.24, 2.45) is 16.9 Å². The Morgan fingerprint density at radius 2 is 1.88 bits per heavy atom. The number of hydrogen-bond donors (Lipinski definition) is 0. The van der Waals surface area contributed by atoms with Crippen LogP contribution in [-0.2, 0) is 4.79 Å². The molecular weight excluding hydrogens is 320 g/mol. The molecule has 3 rings (SSSR count). The number of hydrogen-bond acceptors (Lipinski definition) is 5. The molecular formula is C18H14N4OS. The number of anilines is 1. The van der Waals surface area contributed by atoms with E-state index in [1.54, 1.807) is 6.92 Å². The second kappa shape index (κ2) is 6.66. The molecule has 0 fully saturated rings. The molecule has 0 spiro atoms. The molecule has 6 heteroatoms. The molecule has 0 N–H and O–H groups in total. The fraction of sp³-hybridized carbons (Fsp3) is 0.222. The van der Waals surface area contributed by atoms with Crippen LogP contribution in [0.25, 0.3) is 0 Å². The summed E-state index contributed by atoms with van der Waals surface area (Å²) in [5, 5.41) is 26.4. The second-order valence-electron chi connectivity index (χ2n) is 5.48. The highest BCUT2D eigenvalue weighted by Gasteiger charge is 2.44. The van der Waals surface area contributed by atoms with E-state index in [1.807, 2.05) is 60.0 Å². The third kappa shape index (κ3) is 2.68. The largest absolute Gasteiger partial charge is 0.272 e. The predicted molar refractivity (Wildman–Crippen MR) is 92.3 cm³/mol. The Kier molecular flexibility index (Phi) is 4.41. The van der Waals surface area contributed by atoms with E-state index in [2.05, 4.69) is 5.10 Å². The Morgan fingerprint density at radius 3 is 2.46 bits per heavy atom. The third-order valence-electron chi connectivity index (χ3n) is 4.05. The molecule has 1 aromatic heterocycles. The third-order valence-corrected chi connectivity index (χ3v) is 5.03. The molecule has 0 radical (unpaired) electrons. The molecule has 0 bridgehead atoms. The van der Waals surface area contributed by atoms with Gasteiger partial charge in [0.2, 0.25) is 0 Å². The highest BCUT2D eigenvalue weighted by Crippen LogP contribution is 2.40. The summed E-state index contributed by atoms with van der Waals surface area (Å²) in [6.07, 6.45) is 0. The summed E-state index contributed by atoms with van der Waals surface area (Å²) in [5.41, 5.74) is 1.30. The molecule has 1 aliphatic heterocycles. The second-order valence-corrected chi connectivity index (χ2v) is 6.46. The van der Waals surface area contributed by atoms with Crippen molar-refractivity contribution in [1.29, 1.82) is 10.5 Å². The Morgan fingerprint density at radius 1 is 1.17 bits per heavy atom.